The van der Waals surface area contributed by atoms with Crippen molar-refractivity contribution in [1.82, 2.24) is 10.2 Å². The number of likely N-dealkylation sites (N-methyl/N-ethyl adjacent to an activating group) is 1. The number of nitrogens with one attached hydrogen (secondary N) is 1. The zero-order valence-corrected chi connectivity index (χ0v) is 8.21. The molecule has 0 unspecified atom stereocenters. The number of rotatable bonds is 7. The monoisotopic (exact) mass is 168 g/mol. The molecule has 0 fully saturated rings. The molecule has 0 aromatic carbocycles. The highest BCUT2D eigenvalue weighted by Crippen LogP contribution is 1.84. The summed E-state index contributed by atoms with van der Waals surface area (Å²) >= 11 is 0. The van der Waals surface area contributed by atoms with Crippen molar-refractivity contribution in [1.29, 1.82) is 0 Å². The quantitative estimate of drug-likeness (QED) is 0.459. The maximum atomic E-state index is 3.73. The maximum Gasteiger partial charge on any atom is 0.0297 e. The molecule has 0 atom stereocenters. The molecule has 0 aromatic heterocycles. The Bertz CT molecular complexity index is 130. The fourth-order valence-electron chi connectivity index (χ4n) is 0.904. The molecule has 0 heterocycles. The van der Waals surface area contributed by atoms with Gasteiger partial charge in [0.15, 0.2) is 0 Å². The molecule has 0 saturated carbocycles. The highest BCUT2D eigenvalue weighted by molar-refractivity contribution is 4.79. The summed E-state index contributed by atoms with van der Waals surface area (Å²) in [5.74, 6) is 0. The van der Waals surface area contributed by atoms with Crippen LogP contribution in [0.3, 0.4) is 0 Å². The van der Waals surface area contributed by atoms with E-state index < -0.39 is 0 Å². The summed E-state index contributed by atoms with van der Waals surface area (Å²) in [6.45, 7) is 12.0. The fourth-order valence-corrected chi connectivity index (χ4v) is 0.904. The Morgan fingerprint density at radius 2 is 2.25 bits per heavy atom. The summed E-state index contributed by atoms with van der Waals surface area (Å²) in [6.07, 6.45) is 6.06. The van der Waals surface area contributed by atoms with Crippen molar-refractivity contribution in [3.8, 4) is 0 Å². The van der Waals surface area contributed by atoms with E-state index in [9.17, 15) is 0 Å². The SMILES string of the molecule is C=CN(CC)CCNC/C=C/C. The zero-order valence-electron chi connectivity index (χ0n) is 8.21. The minimum atomic E-state index is 0.963. The molecule has 0 rings (SSSR count). The van der Waals surface area contributed by atoms with Gasteiger partial charge in [-0.1, -0.05) is 18.7 Å². The first-order valence-corrected chi connectivity index (χ1v) is 4.53. The first kappa shape index (κ1) is 11.2. The number of allylic oxidation sites excluding steroid dienone is 1. The Kier molecular flexibility index (Phi) is 7.81. The summed E-state index contributed by atoms with van der Waals surface area (Å²) in [5, 5.41) is 3.31. The van der Waals surface area contributed by atoms with E-state index in [1.165, 1.54) is 0 Å². The summed E-state index contributed by atoms with van der Waals surface area (Å²) < 4.78 is 0. The summed E-state index contributed by atoms with van der Waals surface area (Å²) in [7, 11) is 0. The molecule has 12 heavy (non-hydrogen) atoms. The van der Waals surface area contributed by atoms with Crippen molar-refractivity contribution in [3.05, 3.63) is 24.9 Å². The predicted octanol–water partition coefficient (Wildman–Crippen LogP) is 1.62. The molecule has 0 aliphatic carbocycles. The van der Waals surface area contributed by atoms with Gasteiger partial charge in [-0.15, -0.1) is 0 Å². The Hall–Kier alpha value is -0.760. The molecule has 0 aliphatic rings. The van der Waals surface area contributed by atoms with Gasteiger partial charge in [0.2, 0.25) is 0 Å². The molecule has 0 aliphatic heterocycles. The fraction of sp³-hybridized carbons (Fsp3) is 0.600. The summed E-state index contributed by atoms with van der Waals surface area (Å²) in [4.78, 5) is 2.18. The van der Waals surface area contributed by atoms with Gasteiger partial charge in [0.1, 0.15) is 0 Å². The van der Waals surface area contributed by atoms with Crippen LogP contribution in [0.15, 0.2) is 24.9 Å². The standard InChI is InChI=1S/C10H20N2/c1-4-7-8-11-9-10-12(5-2)6-3/h4-5,7,11H,2,6,8-10H2,1,3H3/b7-4+. The minimum absolute atomic E-state index is 0.963. The molecule has 2 heteroatoms. The normalized spacial score (nSPS) is 10.5. The average Bonchev–Trinajstić information content (AvgIpc) is 2.11. The van der Waals surface area contributed by atoms with Crippen LogP contribution in [-0.2, 0) is 0 Å². The molecule has 0 radical (unpaired) electrons. The topological polar surface area (TPSA) is 15.3 Å². The van der Waals surface area contributed by atoms with Crippen molar-refractivity contribution in [3.63, 3.8) is 0 Å². The Morgan fingerprint density at radius 1 is 1.50 bits per heavy atom. The van der Waals surface area contributed by atoms with Crippen LogP contribution in [-0.4, -0.2) is 31.1 Å². The van der Waals surface area contributed by atoms with Gasteiger partial charge in [0, 0.05) is 26.2 Å². The lowest BCUT2D eigenvalue weighted by atomic mass is 10.4. The van der Waals surface area contributed by atoms with Crippen LogP contribution < -0.4 is 5.32 Å². The molecule has 1 N–H and O–H groups in total. The van der Waals surface area contributed by atoms with Crippen LogP contribution in [0.25, 0.3) is 0 Å². The van der Waals surface area contributed by atoms with Gasteiger partial charge in [0.25, 0.3) is 0 Å². The molecule has 0 saturated heterocycles. The van der Waals surface area contributed by atoms with Crippen molar-refractivity contribution in [2.75, 3.05) is 26.2 Å². The third-order valence-electron chi connectivity index (χ3n) is 1.74. The van der Waals surface area contributed by atoms with Gasteiger partial charge in [-0.3, -0.25) is 0 Å². The van der Waals surface area contributed by atoms with Gasteiger partial charge < -0.3 is 10.2 Å². The predicted molar refractivity (Wildman–Crippen MR) is 55.1 cm³/mol. The third-order valence-corrected chi connectivity index (χ3v) is 1.74. The molecular weight excluding hydrogens is 148 g/mol. The van der Waals surface area contributed by atoms with E-state index in [-0.39, 0.29) is 0 Å². The van der Waals surface area contributed by atoms with Gasteiger partial charge in [0.05, 0.1) is 0 Å². The summed E-state index contributed by atoms with van der Waals surface area (Å²) in [5.41, 5.74) is 0. The first-order valence-electron chi connectivity index (χ1n) is 4.53. The molecule has 2 nitrogen and oxygen atoms in total. The molecular formula is C10H20N2. The first-order chi connectivity index (χ1) is 5.85. The van der Waals surface area contributed by atoms with E-state index >= 15 is 0 Å². The maximum absolute atomic E-state index is 3.73. The van der Waals surface area contributed by atoms with Crippen molar-refractivity contribution < 1.29 is 0 Å². The second-order valence-corrected chi connectivity index (χ2v) is 2.58. The van der Waals surface area contributed by atoms with Crippen LogP contribution >= 0.6 is 0 Å². The molecule has 0 bridgehead atoms. The number of nitrogens with zero attached hydrogens (tertiary/aromatic N) is 1. The lowest BCUT2D eigenvalue weighted by Gasteiger charge is -2.16. The van der Waals surface area contributed by atoms with Gasteiger partial charge in [-0.25, -0.2) is 0 Å². The van der Waals surface area contributed by atoms with E-state index in [0.717, 1.165) is 26.2 Å². The van der Waals surface area contributed by atoms with Crippen LogP contribution in [0.4, 0.5) is 0 Å². The average molecular weight is 168 g/mol. The van der Waals surface area contributed by atoms with E-state index in [2.05, 4.69) is 35.9 Å². The Labute approximate surface area is 76.0 Å². The summed E-state index contributed by atoms with van der Waals surface area (Å²) in [6, 6.07) is 0. The minimum Gasteiger partial charge on any atom is -0.377 e. The van der Waals surface area contributed by atoms with Gasteiger partial charge in [-0.05, 0) is 20.0 Å². The van der Waals surface area contributed by atoms with Crippen molar-refractivity contribution in [2.45, 2.75) is 13.8 Å². The highest BCUT2D eigenvalue weighted by atomic mass is 15.1. The molecule has 0 spiro atoms. The van der Waals surface area contributed by atoms with Crippen LogP contribution in [0.2, 0.25) is 0 Å². The number of hydrogen-bond acceptors (Lipinski definition) is 2. The van der Waals surface area contributed by atoms with Crippen LogP contribution in [0, 0.1) is 0 Å². The Balaban J connectivity index is 3.23. The Morgan fingerprint density at radius 3 is 2.75 bits per heavy atom. The van der Waals surface area contributed by atoms with Gasteiger partial charge >= 0.3 is 0 Å². The van der Waals surface area contributed by atoms with Gasteiger partial charge in [-0.2, -0.15) is 0 Å². The zero-order chi connectivity index (χ0) is 9.23. The second-order valence-electron chi connectivity index (χ2n) is 2.58. The van der Waals surface area contributed by atoms with E-state index in [1.54, 1.807) is 0 Å². The van der Waals surface area contributed by atoms with Crippen molar-refractivity contribution >= 4 is 0 Å². The molecule has 70 valence electrons. The third kappa shape index (κ3) is 5.98. The van der Waals surface area contributed by atoms with Crippen molar-refractivity contribution in [2.24, 2.45) is 0 Å². The van der Waals surface area contributed by atoms with E-state index in [1.807, 2.05) is 13.1 Å². The van der Waals surface area contributed by atoms with Crippen LogP contribution in [0.5, 0.6) is 0 Å². The smallest absolute Gasteiger partial charge is 0.0297 e. The van der Waals surface area contributed by atoms with E-state index in [0.29, 0.717) is 0 Å². The van der Waals surface area contributed by atoms with E-state index in [4.69, 9.17) is 0 Å². The lowest BCUT2D eigenvalue weighted by molar-refractivity contribution is 0.394. The highest BCUT2D eigenvalue weighted by Gasteiger charge is 1.91. The lowest BCUT2D eigenvalue weighted by Crippen LogP contribution is -2.28. The largest absolute Gasteiger partial charge is 0.377 e. The molecule has 0 amide bonds. The molecule has 0 aromatic rings. The second kappa shape index (κ2) is 8.34. The van der Waals surface area contributed by atoms with Crippen LogP contribution in [0.1, 0.15) is 13.8 Å². The number of hydrogen-bond donors (Lipinski definition) is 1.